The lowest BCUT2D eigenvalue weighted by molar-refractivity contribution is 0.0992. The Kier molecular flexibility index (Phi) is 5.99. The molecule has 0 unspecified atom stereocenters. The van der Waals surface area contributed by atoms with Crippen LogP contribution in [0.3, 0.4) is 0 Å². The van der Waals surface area contributed by atoms with Crippen molar-refractivity contribution in [2.75, 3.05) is 30.5 Å². The molecule has 0 fully saturated rings. The van der Waals surface area contributed by atoms with Crippen molar-refractivity contribution in [3.63, 3.8) is 0 Å². The Morgan fingerprint density at radius 3 is 2.40 bits per heavy atom. The van der Waals surface area contributed by atoms with Crippen molar-refractivity contribution in [1.82, 2.24) is 14.6 Å². The summed E-state index contributed by atoms with van der Waals surface area (Å²) in [6.45, 7) is 6.72. The number of ketones is 1. The van der Waals surface area contributed by atoms with Crippen LogP contribution in [0.2, 0.25) is 0 Å². The number of carbonyl (C=O) groups is 1. The maximum Gasteiger partial charge on any atom is 0.168 e. The zero-order chi connectivity index (χ0) is 22.1. The van der Waals surface area contributed by atoms with Crippen molar-refractivity contribution in [3.05, 3.63) is 59.4 Å². The van der Waals surface area contributed by atoms with Crippen LogP contribution in [0.25, 0.3) is 5.65 Å². The summed E-state index contributed by atoms with van der Waals surface area (Å²) in [5.74, 6) is 0.708. The average Bonchev–Trinajstić information content (AvgIpc) is 3.12. The van der Waals surface area contributed by atoms with Crippen molar-refractivity contribution >= 4 is 27.1 Å². The number of Topliss-reactive ketones (excluding diaryl/α,β-unsaturated/α-hetero) is 1. The molecule has 0 aliphatic heterocycles. The third kappa shape index (κ3) is 5.24. The fourth-order valence-electron chi connectivity index (χ4n) is 3.15. The number of hydrogen-bond acceptors (Lipinski definition) is 6. The zero-order valence-corrected chi connectivity index (χ0v) is 18.9. The number of sulfone groups is 1. The summed E-state index contributed by atoms with van der Waals surface area (Å²) in [4.78, 5) is 19.2. The first-order chi connectivity index (χ1) is 13.9. The summed E-state index contributed by atoms with van der Waals surface area (Å²) in [5, 5.41) is 4.27. The van der Waals surface area contributed by atoms with Gasteiger partial charge in [-0.05, 0) is 11.0 Å². The maximum atomic E-state index is 12.8. The standard InChI is InChI=1S/C22H28N4O3S/c1-22(2,3)17-8-6-16(7-9-17)19(27)14-18-15-21(25(4)12-13-30(5,28)29)26-20(24-18)10-11-23-26/h6-11,15H,12-14H2,1-5H3. The molecule has 30 heavy (non-hydrogen) atoms. The molecule has 160 valence electrons. The summed E-state index contributed by atoms with van der Waals surface area (Å²) < 4.78 is 24.7. The number of fused-ring (bicyclic) bond motifs is 1. The van der Waals surface area contributed by atoms with Crippen LogP contribution in [0.1, 0.15) is 42.4 Å². The topological polar surface area (TPSA) is 84.6 Å². The van der Waals surface area contributed by atoms with Gasteiger partial charge in [0.1, 0.15) is 15.7 Å². The molecule has 0 saturated heterocycles. The van der Waals surface area contributed by atoms with E-state index < -0.39 is 9.84 Å². The molecular weight excluding hydrogens is 400 g/mol. The van der Waals surface area contributed by atoms with Crippen LogP contribution in [0.4, 0.5) is 5.82 Å². The number of carbonyl (C=O) groups excluding carboxylic acids is 1. The highest BCUT2D eigenvalue weighted by molar-refractivity contribution is 7.90. The van der Waals surface area contributed by atoms with E-state index in [0.717, 1.165) is 0 Å². The van der Waals surface area contributed by atoms with E-state index in [1.807, 2.05) is 29.2 Å². The SMILES string of the molecule is CN(CCS(C)(=O)=O)c1cc(CC(=O)c2ccc(C(C)(C)C)cc2)nc2ccnn12. The monoisotopic (exact) mass is 428 g/mol. The van der Waals surface area contributed by atoms with Gasteiger partial charge in [0, 0.05) is 37.5 Å². The minimum Gasteiger partial charge on any atom is -0.358 e. The first-order valence-corrected chi connectivity index (χ1v) is 11.9. The highest BCUT2D eigenvalue weighted by Gasteiger charge is 2.17. The second kappa shape index (κ2) is 8.18. The first-order valence-electron chi connectivity index (χ1n) is 9.80. The minimum atomic E-state index is -3.09. The zero-order valence-electron chi connectivity index (χ0n) is 18.1. The molecule has 3 rings (SSSR count). The molecule has 0 aliphatic carbocycles. The predicted molar refractivity (Wildman–Crippen MR) is 119 cm³/mol. The number of anilines is 1. The van der Waals surface area contributed by atoms with E-state index in [1.165, 1.54) is 11.8 Å². The average molecular weight is 429 g/mol. The lowest BCUT2D eigenvalue weighted by atomic mass is 9.86. The summed E-state index contributed by atoms with van der Waals surface area (Å²) in [7, 11) is -1.28. The van der Waals surface area contributed by atoms with E-state index >= 15 is 0 Å². The fraction of sp³-hybridized carbons (Fsp3) is 0.409. The lowest BCUT2D eigenvalue weighted by Gasteiger charge is -2.20. The minimum absolute atomic E-state index is 0.0171. The predicted octanol–water partition coefficient (Wildman–Crippen LogP) is 2.93. The molecule has 0 aliphatic rings. The van der Waals surface area contributed by atoms with E-state index in [-0.39, 0.29) is 23.4 Å². The van der Waals surface area contributed by atoms with Crippen molar-refractivity contribution in [2.45, 2.75) is 32.6 Å². The number of hydrogen-bond donors (Lipinski definition) is 0. The van der Waals surface area contributed by atoms with E-state index in [2.05, 4.69) is 30.9 Å². The molecule has 0 atom stereocenters. The molecule has 2 heterocycles. The van der Waals surface area contributed by atoms with Crippen LogP contribution in [0.15, 0.2) is 42.6 Å². The van der Waals surface area contributed by atoms with Crippen LogP contribution >= 0.6 is 0 Å². The number of nitrogens with zero attached hydrogens (tertiary/aromatic N) is 4. The fourth-order valence-corrected chi connectivity index (χ4v) is 3.76. The Hall–Kier alpha value is -2.74. The van der Waals surface area contributed by atoms with Gasteiger partial charge in [-0.1, -0.05) is 45.0 Å². The van der Waals surface area contributed by atoms with E-state index in [0.29, 0.717) is 29.3 Å². The summed E-state index contributed by atoms with van der Waals surface area (Å²) in [6, 6.07) is 11.3. The Morgan fingerprint density at radius 1 is 1.13 bits per heavy atom. The number of aromatic nitrogens is 3. The second-order valence-electron chi connectivity index (χ2n) is 8.69. The second-order valence-corrected chi connectivity index (χ2v) is 10.9. The molecule has 0 N–H and O–H groups in total. The van der Waals surface area contributed by atoms with Gasteiger partial charge in [-0.25, -0.2) is 13.4 Å². The highest BCUT2D eigenvalue weighted by Crippen LogP contribution is 2.23. The van der Waals surface area contributed by atoms with Crippen LogP contribution in [0, 0.1) is 0 Å². The van der Waals surface area contributed by atoms with Gasteiger partial charge in [-0.2, -0.15) is 9.61 Å². The molecule has 0 saturated carbocycles. The first kappa shape index (κ1) is 22.0. The van der Waals surface area contributed by atoms with Crippen LogP contribution in [-0.2, 0) is 21.7 Å². The van der Waals surface area contributed by atoms with Gasteiger partial charge in [0.05, 0.1) is 24.1 Å². The highest BCUT2D eigenvalue weighted by atomic mass is 32.2. The van der Waals surface area contributed by atoms with Gasteiger partial charge in [-0.15, -0.1) is 0 Å². The molecule has 3 aromatic rings. The lowest BCUT2D eigenvalue weighted by Crippen LogP contribution is -2.27. The van der Waals surface area contributed by atoms with Gasteiger partial charge in [-0.3, -0.25) is 4.79 Å². The molecule has 7 nitrogen and oxygen atoms in total. The normalized spacial score (nSPS) is 12.3. The van der Waals surface area contributed by atoms with Gasteiger partial charge in [0.25, 0.3) is 0 Å². The third-order valence-electron chi connectivity index (χ3n) is 5.00. The quantitative estimate of drug-likeness (QED) is 0.538. The largest absolute Gasteiger partial charge is 0.358 e. The van der Waals surface area contributed by atoms with Crippen LogP contribution < -0.4 is 4.90 Å². The Bertz CT molecular complexity index is 1160. The Labute approximate surface area is 177 Å². The Balaban J connectivity index is 1.85. The van der Waals surface area contributed by atoms with Crippen molar-refractivity contribution in [3.8, 4) is 0 Å². The molecule has 0 spiro atoms. The van der Waals surface area contributed by atoms with Crippen molar-refractivity contribution < 1.29 is 13.2 Å². The van der Waals surface area contributed by atoms with Gasteiger partial charge < -0.3 is 4.90 Å². The summed E-state index contributed by atoms with van der Waals surface area (Å²) in [5.41, 5.74) is 3.08. The van der Waals surface area contributed by atoms with E-state index in [4.69, 9.17) is 0 Å². The van der Waals surface area contributed by atoms with E-state index in [9.17, 15) is 13.2 Å². The summed E-state index contributed by atoms with van der Waals surface area (Å²) in [6.07, 6.45) is 3.00. The summed E-state index contributed by atoms with van der Waals surface area (Å²) >= 11 is 0. The molecule has 0 amide bonds. The maximum absolute atomic E-state index is 12.8. The molecule has 0 bridgehead atoms. The molecule has 0 radical (unpaired) electrons. The Morgan fingerprint density at radius 2 is 1.80 bits per heavy atom. The third-order valence-corrected chi connectivity index (χ3v) is 5.92. The van der Waals surface area contributed by atoms with Crippen LogP contribution in [0.5, 0.6) is 0 Å². The van der Waals surface area contributed by atoms with Crippen molar-refractivity contribution in [2.24, 2.45) is 0 Å². The van der Waals surface area contributed by atoms with Gasteiger partial charge in [0.2, 0.25) is 0 Å². The van der Waals surface area contributed by atoms with Gasteiger partial charge in [0.15, 0.2) is 11.4 Å². The van der Waals surface area contributed by atoms with Crippen molar-refractivity contribution in [1.29, 1.82) is 0 Å². The smallest absolute Gasteiger partial charge is 0.168 e. The molecule has 1 aromatic carbocycles. The molecule has 2 aromatic heterocycles. The number of rotatable bonds is 7. The van der Waals surface area contributed by atoms with Gasteiger partial charge >= 0.3 is 0 Å². The van der Waals surface area contributed by atoms with Crippen LogP contribution in [-0.4, -0.2) is 54.4 Å². The number of benzene rings is 1. The molecule has 8 heteroatoms. The molecular formula is C22H28N4O3S. The van der Waals surface area contributed by atoms with E-state index in [1.54, 1.807) is 29.9 Å².